The van der Waals surface area contributed by atoms with E-state index in [4.69, 9.17) is 4.74 Å². The van der Waals surface area contributed by atoms with Crippen molar-refractivity contribution in [2.24, 2.45) is 0 Å². The van der Waals surface area contributed by atoms with E-state index in [1.165, 1.54) is 32.5 Å². The van der Waals surface area contributed by atoms with Gasteiger partial charge in [0.1, 0.15) is 0 Å². The zero-order valence-corrected chi connectivity index (χ0v) is 9.41. The summed E-state index contributed by atoms with van der Waals surface area (Å²) >= 11 is 0. The minimum absolute atomic E-state index is 0.716. The summed E-state index contributed by atoms with van der Waals surface area (Å²) in [4.78, 5) is 5.08. The molecule has 2 rings (SSSR count). The SMILES string of the molecule is CCN(C1CCN(C)CC1)C1COC1. The van der Waals surface area contributed by atoms with Gasteiger partial charge in [-0.05, 0) is 39.5 Å². The summed E-state index contributed by atoms with van der Waals surface area (Å²) in [6.07, 6.45) is 2.67. The van der Waals surface area contributed by atoms with Crippen LogP contribution in [0.4, 0.5) is 0 Å². The Morgan fingerprint density at radius 3 is 2.29 bits per heavy atom. The summed E-state index contributed by atoms with van der Waals surface area (Å²) in [5.74, 6) is 0. The molecule has 14 heavy (non-hydrogen) atoms. The van der Waals surface area contributed by atoms with Crippen molar-refractivity contribution in [1.82, 2.24) is 9.80 Å². The molecule has 2 aliphatic rings. The molecule has 3 nitrogen and oxygen atoms in total. The lowest BCUT2D eigenvalue weighted by Gasteiger charge is -2.44. The van der Waals surface area contributed by atoms with Crippen LogP contribution >= 0.6 is 0 Å². The molecule has 2 fully saturated rings. The first-order valence-corrected chi connectivity index (χ1v) is 5.83. The Labute approximate surface area is 87.0 Å². The summed E-state index contributed by atoms with van der Waals surface area (Å²) in [6.45, 7) is 7.89. The molecular weight excluding hydrogens is 176 g/mol. The first-order valence-electron chi connectivity index (χ1n) is 5.83. The predicted octanol–water partition coefficient (Wildman–Crippen LogP) is 0.801. The highest BCUT2D eigenvalue weighted by molar-refractivity contribution is 4.85. The molecule has 0 aliphatic carbocycles. The van der Waals surface area contributed by atoms with E-state index in [0.717, 1.165) is 19.3 Å². The van der Waals surface area contributed by atoms with Crippen LogP contribution in [0.5, 0.6) is 0 Å². The fourth-order valence-electron chi connectivity index (χ4n) is 2.56. The van der Waals surface area contributed by atoms with E-state index < -0.39 is 0 Å². The van der Waals surface area contributed by atoms with Gasteiger partial charge >= 0.3 is 0 Å². The molecule has 82 valence electrons. The van der Waals surface area contributed by atoms with Crippen LogP contribution in [0.1, 0.15) is 19.8 Å². The molecule has 0 aromatic carbocycles. The van der Waals surface area contributed by atoms with Crippen LogP contribution in [0.15, 0.2) is 0 Å². The molecule has 0 saturated carbocycles. The molecule has 3 heteroatoms. The van der Waals surface area contributed by atoms with Crippen molar-refractivity contribution < 1.29 is 4.74 Å². The second kappa shape index (κ2) is 4.60. The van der Waals surface area contributed by atoms with Crippen molar-refractivity contribution in [3.8, 4) is 0 Å². The second-order valence-electron chi connectivity index (χ2n) is 4.56. The van der Waals surface area contributed by atoms with Gasteiger partial charge in [0.2, 0.25) is 0 Å². The molecule has 0 spiro atoms. The van der Waals surface area contributed by atoms with E-state index in [0.29, 0.717) is 6.04 Å². The van der Waals surface area contributed by atoms with Gasteiger partial charge in [0.25, 0.3) is 0 Å². The Bertz CT molecular complexity index is 174. The summed E-state index contributed by atoms with van der Waals surface area (Å²) in [6, 6.07) is 1.53. The van der Waals surface area contributed by atoms with Crippen molar-refractivity contribution in [3.63, 3.8) is 0 Å². The zero-order chi connectivity index (χ0) is 9.97. The van der Waals surface area contributed by atoms with E-state index in [-0.39, 0.29) is 0 Å². The van der Waals surface area contributed by atoms with E-state index in [1.807, 2.05) is 0 Å². The van der Waals surface area contributed by atoms with Crippen molar-refractivity contribution in [2.45, 2.75) is 31.8 Å². The van der Waals surface area contributed by atoms with Gasteiger partial charge in [0.05, 0.1) is 19.3 Å². The molecule has 2 heterocycles. The van der Waals surface area contributed by atoms with Gasteiger partial charge in [-0.3, -0.25) is 4.90 Å². The normalized spacial score (nSPS) is 26.8. The third kappa shape index (κ3) is 2.10. The zero-order valence-electron chi connectivity index (χ0n) is 9.41. The average molecular weight is 198 g/mol. The van der Waals surface area contributed by atoms with Gasteiger partial charge in [-0.1, -0.05) is 6.92 Å². The highest BCUT2D eigenvalue weighted by atomic mass is 16.5. The van der Waals surface area contributed by atoms with Crippen molar-refractivity contribution >= 4 is 0 Å². The van der Waals surface area contributed by atoms with Gasteiger partial charge < -0.3 is 9.64 Å². The minimum Gasteiger partial charge on any atom is -0.378 e. The lowest BCUT2D eigenvalue weighted by atomic mass is 10.0. The van der Waals surface area contributed by atoms with Crippen molar-refractivity contribution in [3.05, 3.63) is 0 Å². The maximum atomic E-state index is 5.28. The van der Waals surface area contributed by atoms with E-state index >= 15 is 0 Å². The molecule has 0 amide bonds. The average Bonchev–Trinajstić information content (AvgIpc) is 2.13. The lowest BCUT2D eigenvalue weighted by molar-refractivity contribution is -0.0840. The summed E-state index contributed by atoms with van der Waals surface area (Å²) in [5.41, 5.74) is 0. The number of likely N-dealkylation sites (N-methyl/N-ethyl adjacent to an activating group) is 1. The predicted molar refractivity (Wildman–Crippen MR) is 57.5 cm³/mol. The lowest BCUT2D eigenvalue weighted by Crippen LogP contribution is -2.55. The molecule has 0 N–H and O–H groups in total. The molecule has 2 aliphatic heterocycles. The van der Waals surface area contributed by atoms with Gasteiger partial charge in [0.15, 0.2) is 0 Å². The molecule has 0 radical (unpaired) electrons. The van der Waals surface area contributed by atoms with Crippen molar-refractivity contribution in [2.75, 3.05) is 39.9 Å². The fraction of sp³-hybridized carbons (Fsp3) is 1.00. The molecule has 0 aromatic rings. The Hall–Kier alpha value is -0.120. The Morgan fingerprint density at radius 2 is 1.86 bits per heavy atom. The van der Waals surface area contributed by atoms with Crippen LogP contribution in [0, 0.1) is 0 Å². The minimum atomic E-state index is 0.716. The highest BCUT2D eigenvalue weighted by Gasteiger charge is 2.31. The van der Waals surface area contributed by atoms with Gasteiger partial charge in [0, 0.05) is 6.04 Å². The number of piperidine rings is 1. The fourth-order valence-corrected chi connectivity index (χ4v) is 2.56. The topological polar surface area (TPSA) is 15.7 Å². The maximum absolute atomic E-state index is 5.28. The van der Waals surface area contributed by atoms with Crippen molar-refractivity contribution in [1.29, 1.82) is 0 Å². The first-order chi connectivity index (χ1) is 6.81. The third-order valence-corrected chi connectivity index (χ3v) is 3.61. The molecule has 2 saturated heterocycles. The summed E-state index contributed by atoms with van der Waals surface area (Å²) < 4.78 is 5.28. The van der Waals surface area contributed by atoms with Crippen LogP contribution in [-0.4, -0.2) is 61.8 Å². The van der Waals surface area contributed by atoms with E-state index in [1.54, 1.807) is 0 Å². The molecule has 0 atom stereocenters. The molecule has 0 unspecified atom stereocenters. The maximum Gasteiger partial charge on any atom is 0.0645 e. The van der Waals surface area contributed by atoms with Crippen LogP contribution in [0.25, 0.3) is 0 Å². The number of rotatable bonds is 3. The molecule has 0 aromatic heterocycles. The third-order valence-electron chi connectivity index (χ3n) is 3.61. The number of hydrogen-bond acceptors (Lipinski definition) is 3. The highest BCUT2D eigenvalue weighted by Crippen LogP contribution is 2.21. The number of hydrogen-bond donors (Lipinski definition) is 0. The molecular formula is C11H22N2O. The molecule has 0 bridgehead atoms. The standard InChI is InChI=1S/C11H22N2O/c1-3-13(11-8-14-9-11)10-4-6-12(2)7-5-10/h10-11H,3-9H2,1-2H3. The summed E-state index contributed by atoms with van der Waals surface area (Å²) in [7, 11) is 2.22. The Balaban J connectivity index is 1.84. The van der Waals surface area contributed by atoms with Gasteiger partial charge in [-0.2, -0.15) is 0 Å². The van der Waals surface area contributed by atoms with Gasteiger partial charge in [-0.15, -0.1) is 0 Å². The van der Waals surface area contributed by atoms with Crippen LogP contribution in [0.3, 0.4) is 0 Å². The number of nitrogens with zero attached hydrogens (tertiary/aromatic N) is 2. The second-order valence-corrected chi connectivity index (χ2v) is 4.56. The quantitative estimate of drug-likeness (QED) is 0.667. The van der Waals surface area contributed by atoms with E-state index in [9.17, 15) is 0 Å². The van der Waals surface area contributed by atoms with E-state index in [2.05, 4.69) is 23.8 Å². The Morgan fingerprint density at radius 1 is 1.21 bits per heavy atom. The van der Waals surface area contributed by atoms with Crippen LogP contribution in [0.2, 0.25) is 0 Å². The smallest absolute Gasteiger partial charge is 0.0645 e. The monoisotopic (exact) mass is 198 g/mol. The van der Waals surface area contributed by atoms with Gasteiger partial charge in [-0.25, -0.2) is 0 Å². The largest absolute Gasteiger partial charge is 0.378 e. The van der Waals surface area contributed by atoms with Crippen LogP contribution < -0.4 is 0 Å². The Kier molecular flexibility index (Phi) is 3.42. The van der Waals surface area contributed by atoms with Crippen LogP contribution in [-0.2, 0) is 4.74 Å². The number of likely N-dealkylation sites (tertiary alicyclic amines) is 1. The summed E-state index contributed by atoms with van der Waals surface area (Å²) in [5, 5.41) is 0. The first kappa shape index (κ1) is 10.4. The number of ether oxygens (including phenoxy) is 1.